The van der Waals surface area contributed by atoms with Crippen LogP contribution in [0.25, 0.3) is 0 Å². The lowest BCUT2D eigenvalue weighted by Crippen LogP contribution is -2.35. The number of nitrogens with one attached hydrogen (secondary N) is 2. The van der Waals surface area contributed by atoms with Crippen molar-refractivity contribution in [1.82, 2.24) is 10.3 Å². The summed E-state index contributed by atoms with van der Waals surface area (Å²) in [6, 6.07) is 0. The van der Waals surface area contributed by atoms with Crippen LogP contribution < -0.4 is 5.32 Å². The number of hydrogen-bond acceptors (Lipinski definition) is 3. The first kappa shape index (κ1) is 17.6. The van der Waals surface area contributed by atoms with E-state index in [0.717, 1.165) is 5.82 Å². The lowest BCUT2D eigenvalue weighted by Gasteiger charge is -2.26. The molecule has 0 saturated carbocycles. The SMILES string of the molecule is C=CC1=CN/C(=C/C)N(N=C)C1=N.CC.CC. The highest BCUT2D eigenvalue weighted by molar-refractivity contribution is 6.00. The molecular formula is C13H24N4. The molecule has 0 aromatic rings. The lowest BCUT2D eigenvalue weighted by molar-refractivity contribution is 0.508. The van der Waals surface area contributed by atoms with Crippen LogP contribution in [0.1, 0.15) is 34.6 Å². The second kappa shape index (κ2) is 10.7. The molecule has 1 heterocycles. The molecule has 0 aromatic carbocycles. The first-order valence-corrected chi connectivity index (χ1v) is 5.85. The second-order valence-corrected chi connectivity index (χ2v) is 2.42. The molecule has 96 valence electrons. The van der Waals surface area contributed by atoms with Crippen molar-refractivity contribution in [3.63, 3.8) is 0 Å². The topological polar surface area (TPSA) is 51.5 Å². The summed E-state index contributed by atoms with van der Waals surface area (Å²) in [5, 5.41) is 15.8. The zero-order chi connectivity index (χ0) is 13.8. The van der Waals surface area contributed by atoms with Gasteiger partial charge in [0, 0.05) is 18.5 Å². The summed E-state index contributed by atoms with van der Waals surface area (Å²) in [7, 11) is 0. The van der Waals surface area contributed by atoms with Crippen LogP contribution in [0.3, 0.4) is 0 Å². The Morgan fingerprint density at radius 3 is 2.24 bits per heavy atom. The van der Waals surface area contributed by atoms with Crippen molar-refractivity contribution in [1.29, 1.82) is 5.41 Å². The number of rotatable bonds is 2. The molecule has 0 fully saturated rings. The average molecular weight is 236 g/mol. The number of nitrogens with zero attached hydrogens (tertiary/aromatic N) is 2. The molecule has 0 spiro atoms. The van der Waals surface area contributed by atoms with Gasteiger partial charge in [-0.1, -0.05) is 40.3 Å². The summed E-state index contributed by atoms with van der Waals surface area (Å²) in [5.74, 6) is 1.00. The minimum Gasteiger partial charge on any atom is -0.346 e. The van der Waals surface area contributed by atoms with Crippen molar-refractivity contribution >= 4 is 12.6 Å². The summed E-state index contributed by atoms with van der Waals surface area (Å²) in [4.78, 5) is 0. The lowest BCUT2D eigenvalue weighted by atomic mass is 10.2. The van der Waals surface area contributed by atoms with Gasteiger partial charge >= 0.3 is 0 Å². The molecule has 4 nitrogen and oxygen atoms in total. The van der Waals surface area contributed by atoms with E-state index < -0.39 is 0 Å². The van der Waals surface area contributed by atoms with Gasteiger partial charge in [-0.05, 0) is 13.0 Å². The second-order valence-electron chi connectivity index (χ2n) is 2.42. The first-order chi connectivity index (χ1) is 8.24. The fourth-order valence-corrected chi connectivity index (χ4v) is 1.03. The molecule has 0 radical (unpaired) electrons. The Balaban J connectivity index is 0. The molecule has 1 aliphatic rings. The summed E-state index contributed by atoms with van der Waals surface area (Å²) >= 11 is 0. The van der Waals surface area contributed by atoms with E-state index >= 15 is 0 Å². The van der Waals surface area contributed by atoms with Crippen LogP contribution >= 0.6 is 0 Å². The smallest absolute Gasteiger partial charge is 0.157 e. The van der Waals surface area contributed by atoms with Gasteiger partial charge in [-0.2, -0.15) is 10.1 Å². The van der Waals surface area contributed by atoms with E-state index in [4.69, 9.17) is 5.41 Å². The Morgan fingerprint density at radius 1 is 1.35 bits per heavy atom. The van der Waals surface area contributed by atoms with E-state index in [1.807, 2.05) is 40.7 Å². The van der Waals surface area contributed by atoms with Gasteiger partial charge in [0.15, 0.2) is 5.84 Å². The molecule has 0 aliphatic carbocycles. The Hall–Kier alpha value is -1.84. The maximum absolute atomic E-state index is 7.71. The molecule has 2 N–H and O–H groups in total. The van der Waals surface area contributed by atoms with Gasteiger partial charge in [-0.25, -0.2) is 0 Å². The fourth-order valence-electron chi connectivity index (χ4n) is 1.03. The Bertz CT molecular complexity index is 313. The molecule has 17 heavy (non-hydrogen) atoms. The largest absolute Gasteiger partial charge is 0.346 e. The normalized spacial score (nSPS) is 15.6. The third-order valence-corrected chi connectivity index (χ3v) is 1.72. The number of allylic oxidation sites excluding steroid dienone is 1. The number of amidine groups is 1. The van der Waals surface area contributed by atoms with Gasteiger partial charge in [0.05, 0.1) is 0 Å². The Labute approximate surface area is 105 Å². The van der Waals surface area contributed by atoms with E-state index in [-0.39, 0.29) is 5.84 Å². The highest BCUT2D eigenvalue weighted by Gasteiger charge is 2.18. The zero-order valence-corrected chi connectivity index (χ0v) is 11.5. The highest BCUT2D eigenvalue weighted by Crippen LogP contribution is 2.14. The molecule has 0 atom stereocenters. The minimum absolute atomic E-state index is 0.275. The van der Waals surface area contributed by atoms with E-state index in [1.54, 1.807) is 12.3 Å². The summed E-state index contributed by atoms with van der Waals surface area (Å²) in [6.07, 6.45) is 5.13. The van der Waals surface area contributed by atoms with Crippen LogP contribution in [-0.2, 0) is 0 Å². The van der Waals surface area contributed by atoms with Crippen molar-refractivity contribution in [3.8, 4) is 0 Å². The molecule has 1 aliphatic heterocycles. The first-order valence-electron chi connectivity index (χ1n) is 5.85. The van der Waals surface area contributed by atoms with Crippen molar-refractivity contribution in [2.75, 3.05) is 0 Å². The quantitative estimate of drug-likeness (QED) is 0.721. The molecule has 0 unspecified atom stereocenters. The van der Waals surface area contributed by atoms with Crippen LogP contribution in [0.5, 0.6) is 0 Å². The number of hydrogen-bond donors (Lipinski definition) is 2. The standard InChI is InChI=1S/C9H12N4.2C2H6/c1-4-7-6-12-8(5-2)13(11-3)9(7)10;2*1-2/h4-6,10,12H,1,3H2,2H3;2*1-2H3/b8-5-,10-9?;;. The molecule has 0 saturated heterocycles. The Kier molecular flexibility index (Phi) is 11.0. The molecule has 4 heteroatoms. The van der Waals surface area contributed by atoms with Crippen LogP contribution in [0, 0.1) is 5.41 Å². The van der Waals surface area contributed by atoms with E-state index in [9.17, 15) is 0 Å². The molecule has 0 amide bonds. The summed E-state index contributed by atoms with van der Waals surface area (Å²) < 4.78 is 0. The average Bonchev–Trinajstić information content (AvgIpc) is 2.42. The van der Waals surface area contributed by atoms with Crippen LogP contribution in [0.4, 0.5) is 0 Å². The molecular weight excluding hydrogens is 212 g/mol. The van der Waals surface area contributed by atoms with Gasteiger partial charge in [0.1, 0.15) is 5.82 Å². The highest BCUT2D eigenvalue weighted by atomic mass is 15.5. The molecule has 0 aromatic heterocycles. The summed E-state index contributed by atoms with van der Waals surface area (Å²) in [6.45, 7) is 16.9. The summed E-state index contributed by atoms with van der Waals surface area (Å²) in [5.41, 5.74) is 0.693. The van der Waals surface area contributed by atoms with Crippen LogP contribution in [0.2, 0.25) is 0 Å². The van der Waals surface area contributed by atoms with E-state index in [1.165, 1.54) is 5.01 Å². The van der Waals surface area contributed by atoms with Gasteiger partial charge in [-0.3, -0.25) is 5.41 Å². The van der Waals surface area contributed by atoms with Gasteiger partial charge in [0.25, 0.3) is 0 Å². The fraction of sp³-hybridized carbons (Fsp3) is 0.385. The minimum atomic E-state index is 0.275. The predicted molar refractivity (Wildman–Crippen MR) is 77.0 cm³/mol. The monoisotopic (exact) mass is 236 g/mol. The predicted octanol–water partition coefficient (Wildman–Crippen LogP) is 3.47. The number of hydrazone groups is 1. The van der Waals surface area contributed by atoms with Crippen molar-refractivity contribution in [2.24, 2.45) is 5.10 Å². The van der Waals surface area contributed by atoms with Crippen LogP contribution in [-0.4, -0.2) is 17.6 Å². The van der Waals surface area contributed by atoms with Crippen molar-refractivity contribution in [3.05, 3.63) is 36.3 Å². The molecule has 1 rings (SSSR count). The van der Waals surface area contributed by atoms with Gasteiger partial charge in [0.2, 0.25) is 0 Å². The van der Waals surface area contributed by atoms with Crippen LogP contribution in [0.15, 0.2) is 41.4 Å². The van der Waals surface area contributed by atoms with Gasteiger partial charge in [-0.15, -0.1) is 0 Å². The molecule has 0 bridgehead atoms. The van der Waals surface area contributed by atoms with Crippen molar-refractivity contribution < 1.29 is 0 Å². The van der Waals surface area contributed by atoms with Crippen molar-refractivity contribution in [2.45, 2.75) is 34.6 Å². The third kappa shape index (κ3) is 4.68. The van der Waals surface area contributed by atoms with Gasteiger partial charge < -0.3 is 5.32 Å². The zero-order valence-electron chi connectivity index (χ0n) is 11.5. The third-order valence-electron chi connectivity index (χ3n) is 1.72. The Morgan fingerprint density at radius 2 is 1.88 bits per heavy atom. The maximum Gasteiger partial charge on any atom is 0.157 e. The maximum atomic E-state index is 7.71. The van der Waals surface area contributed by atoms with E-state index in [0.29, 0.717) is 5.57 Å². The van der Waals surface area contributed by atoms with E-state index in [2.05, 4.69) is 23.7 Å².